The summed E-state index contributed by atoms with van der Waals surface area (Å²) in [5.41, 5.74) is 11.7. The molecule has 0 N–H and O–H groups in total. The van der Waals surface area contributed by atoms with E-state index in [2.05, 4.69) is 22.7 Å². The first-order chi connectivity index (χ1) is 10.1. The zero-order valence-corrected chi connectivity index (χ0v) is 14.9. The van der Waals surface area contributed by atoms with Crippen molar-refractivity contribution in [1.82, 2.24) is 0 Å². The molecule has 0 atom stereocenters. The Hall–Kier alpha value is -1.14. The molecule has 0 aliphatic carbocycles. The summed E-state index contributed by atoms with van der Waals surface area (Å²) in [5, 5.41) is 3.66. The van der Waals surface area contributed by atoms with Crippen molar-refractivity contribution in [3.8, 4) is 0 Å². The Morgan fingerprint density at radius 2 is 1.73 bits per heavy atom. The van der Waals surface area contributed by atoms with Crippen LogP contribution in [0.2, 0.25) is 0 Å². The van der Waals surface area contributed by atoms with E-state index < -0.39 is 18.3 Å². The Labute approximate surface area is 137 Å². The van der Waals surface area contributed by atoms with Crippen LogP contribution in [0.4, 0.5) is 0 Å². The van der Waals surface area contributed by atoms with Crippen LogP contribution in [-0.4, -0.2) is 18.3 Å². The topological polar surface area (TPSA) is 67.2 Å². The number of benzene rings is 1. The Balaban J connectivity index is 2.52. The molecule has 0 bridgehead atoms. The summed E-state index contributed by atoms with van der Waals surface area (Å²) in [6.45, 7) is 12.4. The molecule has 0 unspecified atom stereocenters. The lowest BCUT2D eigenvalue weighted by atomic mass is 9.72. The molecule has 5 nitrogen and oxygen atoms in total. The van der Waals surface area contributed by atoms with E-state index in [1.165, 1.54) is 0 Å². The highest BCUT2D eigenvalue weighted by molar-refractivity contribution is 7.80. The minimum Gasteiger partial charge on any atom is -0.399 e. The largest absolute Gasteiger partial charge is 0.495 e. The number of nitrogens with zero attached hydrogens (tertiary/aromatic N) is 3. The normalized spacial score (nSPS) is 19.1. The van der Waals surface area contributed by atoms with Gasteiger partial charge in [0.2, 0.25) is 0 Å². The fourth-order valence-corrected chi connectivity index (χ4v) is 2.84. The second-order valence-electron chi connectivity index (χ2n) is 6.70. The minimum atomic E-state index is -0.443. The molecule has 7 heteroatoms. The monoisotopic (exact) mass is 319 g/mol. The summed E-state index contributed by atoms with van der Waals surface area (Å²) in [4.78, 5) is 3.68. The van der Waals surface area contributed by atoms with Gasteiger partial charge in [-0.3, -0.25) is 0 Å². The summed E-state index contributed by atoms with van der Waals surface area (Å²) in [6, 6.07) is 1.94. The van der Waals surface area contributed by atoms with Gasteiger partial charge in [0.25, 0.3) is 0 Å². The van der Waals surface area contributed by atoms with E-state index in [1.807, 2.05) is 47.6 Å². The molecular formula is C15H22BN3O2S. The van der Waals surface area contributed by atoms with E-state index in [0.29, 0.717) is 6.54 Å². The van der Waals surface area contributed by atoms with Gasteiger partial charge in [-0.2, -0.15) is 0 Å². The molecule has 0 spiro atoms. The predicted molar refractivity (Wildman–Crippen MR) is 91.7 cm³/mol. The van der Waals surface area contributed by atoms with Crippen molar-refractivity contribution in [1.29, 1.82) is 0 Å². The summed E-state index contributed by atoms with van der Waals surface area (Å²) in [5.74, 6) is 0. The van der Waals surface area contributed by atoms with Crippen LogP contribution in [0, 0.1) is 13.8 Å². The maximum atomic E-state index is 8.55. The quantitative estimate of drug-likeness (QED) is 0.303. The molecule has 1 heterocycles. The molecular weight excluding hydrogens is 297 g/mol. The highest BCUT2D eigenvalue weighted by Crippen LogP contribution is 2.37. The molecule has 1 saturated heterocycles. The number of hydrogen-bond acceptors (Lipinski definition) is 4. The average Bonchev–Trinajstić information content (AvgIpc) is 2.61. The molecule has 2 rings (SSSR count). The van der Waals surface area contributed by atoms with Crippen molar-refractivity contribution in [3.05, 3.63) is 33.2 Å². The van der Waals surface area contributed by atoms with E-state index in [4.69, 9.17) is 14.8 Å². The van der Waals surface area contributed by atoms with Gasteiger partial charge in [0.1, 0.15) is 0 Å². The maximum absolute atomic E-state index is 8.55. The van der Waals surface area contributed by atoms with Gasteiger partial charge in [-0.05, 0) is 75.3 Å². The number of rotatable bonds is 3. The minimum absolute atomic E-state index is 0.294. The number of azide groups is 1. The van der Waals surface area contributed by atoms with Crippen molar-refractivity contribution in [2.45, 2.75) is 64.2 Å². The van der Waals surface area contributed by atoms with Crippen molar-refractivity contribution in [3.63, 3.8) is 0 Å². The van der Waals surface area contributed by atoms with Crippen molar-refractivity contribution < 1.29 is 9.31 Å². The van der Waals surface area contributed by atoms with Crippen LogP contribution < -0.4 is 5.46 Å². The van der Waals surface area contributed by atoms with Crippen molar-refractivity contribution in [2.75, 3.05) is 0 Å². The standard InChI is InChI=1S/C15H22BN3O2S/c1-9-11(8-18-19-17)7-12(22)10(2)13(9)16-20-14(3,4)15(5,6)21-16/h7,22H,8H2,1-6H3. The Morgan fingerprint density at radius 1 is 1.18 bits per heavy atom. The molecule has 1 fully saturated rings. The van der Waals surface area contributed by atoms with Crippen LogP contribution in [0.25, 0.3) is 10.4 Å². The van der Waals surface area contributed by atoms with E-state index in [-0.39, 0.29) is 0 Å². The first kappa shape index (κ1) is 17.2. The molecule has 0 radical (unpaired) electrons. The van der Waals surface area contributed by atoms with Gasteiger partial charge in [-0.15, -0.1) is 12.6 Å². The van der Waals surface area contributed by atoms with Crippen LogP contribution >= 0.6 is 12.6 Å². The van der Waals surface area contributed by atoms with E-state index in [9.17, 15) is 0 Å². The van der Waals surface area contributed by atoms with Gasteiger partial charge < -0.3 is 9.31 Å². The first-order valence-electron chi connectivity index (χ1n) is 7.29. The van der Waals surface area contributed by atoms with Gasteiger partial charge in [-0.1, -0.05) is 5.11 Å². The van der Waals surface area contributed by atoms with E-state index in [1.54, 1.807) is 0 Å². The Bertz CT molecular complexity index is 639. The van der Waals surface area contributed by atoms with Gasteiger partial charge >= 0.3 is 7.12 Å². The van der Waals surface area contributed by atoms with E-state index >= 15 is 0 Å². The van der Waals surface area contributed by atoms with Crippen LogP contribution in [-0.2, 0) is 15.9 Å². The molecule has 1 aromatic rings. The fraction of sp³-hybridized carbons (Fsp3) is 0.600. The van der Waals surface area contributed by atoms with Crippen LogP contribution in [0.15, 0.2) is 16.1 Å². The Kier molecular flexibility index (Phi) is 4.55. The second-order valence-corrected chi connectivity index (χ2v) is 7.18. The van der Waals surface area contributed by atoms with Gasteiger partial charge in [0.05, 0.1) is 17.7 Å². The van der Waals surface area contributed by atoms with E-state index in [0.717, 1.165) is 27.0 Å². The molecule has 1 aliphatic rings. The predicted octanol–water partition coefficient (Wildman–Crippen LogP) is 3.70. The third-order valence-electron chi connectivity index (χ3n) is 4.78. The first-order valence-corrected chi connectivity index (χ1v) is 7.74. The van der Waals surface area contributed by atoms with Gasteiger partial charge in [0.15, 0.2) is 0 Å². The maximum Gasteiger partial charge on any atom is 0.495 e. The second kappa shape index (κ2) is 5.82. The molecule has 1 aromatic carbocycles. The molecule has 118 valence electrons. The third-order valence-corrected chi connectivity index (χ3v) is 5.24. The van der Waals surface area contributed by atoms with Crippen molar-refractivity contribution in [2.24, 2.45) is 5.11 Å². The van der Waals surface area contributed by atoms with Crippen LogP contribution in [0.1, 0.15) is 44.4 Å². The SMILES string of the molecule is Cc1c(S)cc(CN=[N+]=[N-])c(C)c1B1OC(C)(C)C(C)(C)O1. The summed E-state index contributed by atoms with van der Waals surface area (Å²) in [7, 11) is -0.443. The third kappa shape index (κ3) is 2.86. The van der Waals surface area contributed by atoms with Crippen molar-refractivity contribution >= 4 is 25.2 Å². The van der Waals surface area contributed by atoms with Crippen LogP contribution in [0.3, 0.4) is 0 Å². The lowest BCUT2D eigenvalue weighted by molar-refractivity contribution is 0.00578. The number of thiol groups is 1. The smallest absolute Gasteiger partial charge is 0.399 e. The highest BCUT2D eigenvalue weighted by Gasteiger charge is 2.52. The average molecular weight is 319 g/mol. The zero-order chi connectivity index (χ0) is 16.7. The Morgan fingerprint density at radius 3 is 2.23 bits per heavy atom. The fourth-order valence-electron chi connectivity index (χ4n) is 2.56. The zero-order valence-electron chi connectivity index (χ0n) is 14.0. The van der Waals surface area contributed by atoms with Gasteiger partial charge in [0, 0.05) is 9.81 Å². The highest BCUT2D eigenvalue weighted by atomic mass is 32.1. The molecule has 0 aromatic heterocycles. The molecule has 22 heavy (non-hydrogen) atoms. The molecule has 0 amide bonds. The molecule has 0 saturated carbocycles. The summed E-state index contributed by atoms with van der Waals surface area (Å²) >= 11 is 4.54. The number of hydrogen-bond donors (Lipinski definition) is 1. The van der Waals surface area contributed by atoms with Crippen LogP contribution in [0.5, 0.6) is 0 Å². The van der Waals surface area contributed by atoms with Gasteiger partial charge in [-0.25, -0.2) is 0 Å². The summed E-state index contributed by atoms with van der Waals surface area (Å²) < 4.78 is 12.3. The summed E-state index contributed by atoms with van der Waals surface area (Å²) in [6.07, 6.45) is 0. The lowest BCUT2D eigenvalue weighted by Crippen LogP contribution is -2.41. The molecule has 1 aliphatic heterocycles. The lowest BCUT2D eigenvalue weighted by Gasteiger charge is -2.32.